The first-order valence-electron chi connectivity index (χ1n) is 4.94. The predicted molar refractivity (Wildman–Crippen MR) is 71.8 cm³/mol. The highest BCUT2D eigenvalue weighted by Gasteiger charge is 2.04. The Labute approximate surface area is 116 Å². The fourth-order valence-electron chi connectivity index (χ4n) is 0.808. The van der Waals surface area contributed by atoms with Crippen LogP contribution >= 0.6 is 24.0 Å². The molecule has 0 aromatic carbocycles. The van der Waals surface area contributed by atoms with E-state index in [4.69, 9.17) is 16.8 Å². The maximum Gasteiger partial charge on any atom is 0.397 e. The largest absolute Gasteiger partial charge is 0.469 e. The summed E-state index contributed by atoms with van der Waals surface area (Å²) in [5.74, 6) is 0.219. The van der Waals surface area contributed by atoms with Crippen molar-refractivity contribution in [2.24, 2.45) is 0 Å². The van der Waals surface area contributed by atoms with E-state index in [9.17, 15) is 13.2 Å². The molecule has 0 amide bonds. The van der Waals surface area contributed by atoms with Gasteiger partial charge in [-0.1, -0.05) is 24.0 Å². The van der Waals surface area contributed by atoms with Gasteiger partial charge in [0.1, 0.15) is 4.32 Å². The Kier molecular flexibility index (Phi) is 9.28. The highest BCUT2D eigenvalue weighted by Crippen LogP contribution is 2.05. The minimum absolute atomic E-state index is 0.101. The molecule has 0 aromatic rings. The van der Waals surface area contributed by atoms with Crippen molar-refractivity contribution in [1.29, 1.82) is 0 Å². The first-order valence-corrected chi connectivity index (χ1v) is 7.70. The predicted octanol–water partition coefficient (Wildman–Crippen LogP) is 0.367. The Morgan fingerprint density at radius 1 is 1.50 bits per heavy atom. The molecule has 0 spiro atoms. The topological polar surface area (TPSA) is 102 Å². The molecule has 7 nitrogen and oxygen atoms in total. The van der Waals surface area contributed by atoms with Crippen LogP contribution < -0.4 is 5.32 Å². The summed E-state index contributed by atoms with van der Waals surface area (Å²) < 4.78 is 37.8. The third-order valence-corrected chi connectivity index (χ3v) is 3.44. The van der Waals surface area contributed by atoms with Crippen LogP contribution in [0.4, 0.5) is 0 Å². The van der Waals surface area contributed by atoms with Crippen molar-refractivity contribution in [2.75, 3.05) is 26.0 Å². The van der Waals surface area contributed by atoms with Crippen LogP contribution in [0.1, 0.15) is 12.8 Å². The number of rotatable bonds is 8. The Hall–Kier alpha value is -0.420. The van der Waals surface area contributed by atoms with Crippen LogP contribution in [0.3, 0.4) is 0 Å². The average Bonchev–Trinajstić information content (AvgIpc) is 2.26. The summed E-state index contributed by atoms with van der Waals surface area (Å²) >= 11 is 6.25. The van der Waals surface area contributed by atoms with Gasteiger partial charge >= 0.3 is 16.4 Å². The van der Waals surface area contributed by atoms with Crippen LogP contribution in [0.25, 0.3) is 0 Å². The number of thiocarbonyl (C=S) groups is 1. The molecule has 10 heteroatoms. The number of nitrogens with one attached hydrogen (secondary N) is 1. The van der Waals surface area contributed by atoms with Crippen molar-refractivity contribution in [2.45, 2.75) is 12.8 Å². The molecule has 0 radical (unpaired) electrons. The molecule has 0 saturated carbocycles. The second-order valence-electron chi connectivity index (χ2n) is 2.99. The molecule has 2 N–H and O–H groups in total. The minimum Gasteiger partial charge on any atom is -0.469 e. The molecule has 0 saturated heterocycles. The van der Waals surface area contributed by atoms with E-state index in [1.54, 1.807) is 0 Å². The van der Waals surface area contributed by atoms with Gasteiger partial charge in [-0.3, -0.25) is 9.35 Å². The molecule has 0 atom stereocenters. The number of hydrogen-bond acceptors (Lipinski definition) is 7. The number of esters is 1. The lowest BCUT2D eigenvalue weighted by molar-refractivity contribution is -0.140. The fourth-order valence-corrected chi connectivity index (χ4v) is 2.14. The molecule has 0 fully saturated rings. The van der Waals surface area contributed by atoms with Gasteiger partial charge < -0.3 is 10.1 Å². The van der Waals surface area contributed by atoms with Crippen LogP contribution in [0.5, 0.6) is 0 Å². The Morgan fingerprint density at radius 2 is 2.17 bits per heavy atom. The molecule has 106 valence electrons. The van der Waals surface area contributed by atoms with E-state index in [2.05, 4.69) is 14.2 Å². The standard InChI is InChI=1S/C8H15NO6S3/c1-14-7(10)3-4-9-8(16)17-6-2-5-15-18(11,12)13/h2-6H2,1H3,(H,9,16)(H,11,12,13). The minimum atomic E-state index is -4.36. The summed E-state index contributed by atoms with van der Waals surface area (Å²) in [6, 6.07) is 0. The van der Waals surface area contributed by atoms with E-state index >= 15 is 0 Å². The summed E-state index contributed by atoms with van der Waals surface area (Å²) in [7, 11) is -3.05. The van der Waals surface area contributed by atoms with Crippen LogP contribution in [0.2, 0.25) is 0 Å². The zero-order valence-electron chi connectivity index (χ0n) is 9.75. The van der Waals surface area contributed by atoms with Gasteiger partial charge in [-0.15, -0.1) is 0 Å². The van der Waals surface area contributed by atoms with E-state index in [1.165, 1.54) is 18.9 Å². The number of thioether (sulfide) groups is 1. The molecule has 0 aliphatic carbocycles. The molecule has 0 rings (SSSR count). The van der Waals surface area contributed by atoms with Gasteiger partial charge in [0.2, 0.25) is 0 Å². The smallest absolute Gasteiger partial charge is 0.397 e. The van der Waals surface area contributed by atoms with Crippen LogP contribution in [-0.4, -0.2) is 49.3 Å². The quantitative estimate of drug-likeness (QED) is 0.284. The number of carbonyl (C=O) groups is 1. The third-order valence-electron chi connectivity index (χ3n) is 1.58. The summed E-state index contributed by atoms with van der Waals surface area (Å²) in [6.07, 6.45) is 0.645. The van der Waals surface area contributed by atoms with Crippen LogP contribution in [-0.2, 0) is 24.1 Å². The van der Waals surface area contributed by atoms with Gasteiger partial charge in [0.15, 0.2) is 0 Å². The molecule has 0 aromatic heterocycles. The molecule has 0 unspecified atom stereocenters. The third kappa shape index (κ3) is 12.0. The Bertz CT molecular complexity index is 369. The van der Waals surface area contributed by atoms with E-state index < -0.39 is 10.4 Å². The van der Waals surface area contributed by atoms with Crippen molar-refractivity contribution in [3.63, 3.8) is 0 Å². The molecule has 0 heterocycles. The molecule has 18 heavy (non-hydrogen) atoms. The average molecular weight is 317 g/mol. The Morgan fingerprint density at radius 3 is 2.72 bits per heavy atom. The van der Waals surface area contributed by atoms with E-state index in [0.717, 1.165) is 0 Å². The maximum atomic E-state index is 10.8. The van der Waals surface area contributed by atoms with E-state index in [1.807, 2.05) is 0 Å². The lowest BCUT2D eigenvalue weighted by atomic mass is 10.4. The van der Waals surface area contributed by atoms with Crippen molar-refractivity contribution in [3.8, 4) is 0 Å². The second kappa shape index (κ2) is 9.50. The van der Waals surface area contributed by atoms with Crippen molar-refractivity contribution in [1.82, 2.24) is 5.32 Å². The first kappa shape index (κ1) is 17.6. The van der Waals surface area contributed by atoms with Crippen LogP contribution in [0, 0.1) is 0 Å². The molecule has 0 aliphatic heterocycles. The second-order valence-corrected chi connectivity index (χ2v) is 5.86. The highest BCUT2D eigenvalue weighted by molar-refractivity contribution is 8.22. The number of methoxy groups -OCH3 is 1. The van der Waals surface area contributed by atoms with Crippen molar-refractivity contribution in [3.05, 3.63) is 0 Å². The SMILES string of the molecule is COC(=O)CCNC(=S)SCCCOS(=O)(=O)O. The summed E-state index contributed by atoms with van der Waals surface area (Å²) in [4.78, 5) is 10.8. The first-order chi connectivity index (χ1) is 8.35. The van der Waals surface area contributed by atoms with Gasteiger partial charge in [0.25, 0.3) is 0 Å². The highest BCUT2D eigenvalue weighted by atomic mass is 32.3. The van der Waals surface area contributed by atoms with Gasteiger partial charge in [-0.2, -0.15) is 8.42 Å². The number of hydrogen-bond donors (Lipinski definition) is 2. The molecular formula is C8H15NO6S3. The van der Waals surface area contributed by atoms with Gasteiger partial charge in [-0.05, 0) is 6.42 Å². The van der Waals surface area contributed by atoms with Gasteiger partial charge in [-0.25, -0.2) is 4.18 Å². The van der Waals surface area contributed by atoms with E-state index in [-0.39, 0.29) is 19.0 Å². The van der Waals surface area contributed by atoms with Gasteiger partial charge in [0.05, 0.1) is 20.1 Å². The van der Waals surface area contributed by atoms with Gasteiger partial charge in [0, 0.05) is 12.3 Å². The van der Waals surface area contributed by atoms with Crippen molar-refractivity contribution < 1.29 is 26.7 Å². The fraction of sp³-hybridized carbons (Fsp3) is 0.750. The molecule has 0 bridgehead atoms. The zero-order valence-corrected chi connectivity index (χ0v) is 12.2. The van der Waals surface area contributed by atoms with Crippen molar-refractivity contribution >= 4 is 44.7 Å². The maximum absolute atomic E-state index is 10.8. The zero-order chi connectivity index (χ0) is 14.0. The normalized spacial score (nSPS) is 11.0. The summed E-state index contributed by atoms with van der Waals surface area (Å²) in [5.41, 5.74) is 0. The lowest BCUT2D eigenvalue weighted by Crippen LogP contribution is -2.22. The molecular weight excluding hydrogens is 302 g/mol. The summed E-state index contributed by atoms with van der Waals surface area (Å²) in [6.45, 7) is 0.288. The number of carbonyl (C=O) groups excluding carboxylic acids is 1. The van der Waals surface area contributed by atoms with Crippen LogP contribution in [0.15, 0.2) is 0 Å². The number of ether oxygens (including phenoxy) is 1. The Balaban J connectivity index is 3.46. The monoisotopic (exact) mass is 317 g/mol. The van der Waals surface area contributed by atoms with E-state index in [0.29, 0.717) is 23.0 Å². The lowest BCUT2D eigenvalue weighted by Gasteiger charge is -2.06. The summed E-state index contributed by atoms with van der Waals surface area (Å²) in [5, 5.41) is 2.84. The molecule has 0 aliphatic rings.